The summed E-state index contributed by atoms with van der Waals surface area (Å²) in [7, 11) is 4.05. The van der Waals surface area contributed by atoms with E-state index in [4.69, 9.17) is 0 Å². The number of carbonyl (C=O) groups excluding carboxylic acids is 1. The first-order valence-electron chi connectivity index (χ1n) is 8.72. The highest BCUT2D eigenvalue weighted by Crippen LogP contribution is 2.26. The zero-order valence-corrected chi connectivity index (χ0v) is 15.5. The standard InChI is InChI=1S/C20H28N4O/c1-15(2)17-8-5-6-9-18(17)23-19-11-10-16(14-22-19)20(25)21-12-7-13-24(3)4/h5-6,8-11,14-15H,7,12-13H2,1-4H3,(H,21,25)(H,22,23). The van der Waals surface area contributed by atoms with Crippen molar-refractivity contribution in [3.63, 3.8) is 0 Å². The molecule has 134 valence electrons. The van der Waals surface area contributed by atoms with Crippen molar-refractivity contribution in [2.75, 3.05) is 32.5 Å². The number of nitrogens with one attached hydrogen (secondary N) is 2. The van der Waals surface area contributed by atoms with Crippen LogP contribution >= 0.6 is 0 Å². The van der Waals surface area contributed by atoms with Crippen LogP contribution in [-0.2, 0) is 0 Å². The molecule has 0 saturated heterocycles. The first-order chi connectivity index (χ1) is 12.0. The summed E-state index contributed by atoms with van der Waals surface area (Å²) in [5.74, 6) is 1.08. The number of hydrogen-bond acceptors (Lipinski definition) is 4. The van der Waals surface area contributed by atoms with Crippen LogP contribution < -0.4 is 10.6 Å². The van der Waals surface area contributed by atoms with Gasteiger partial charge in [0.15, 0.2) is 0 Å². The maximum Gasteiger partial charge on any atom is 0.252 e. The molecule has 25 heavy (non-hydrogen) atoms. The van der Waals surface area contributed by atoms with Gasteiger partial charge >= 0.3 is 0 Å². The highest BCUT2D eigenvalue weighted by molar-refractivity contribution is 5.94. The fourth-order valence-corrected chi connectivity index (χ4v) is 2.55. The molecular formula is C20H28N4O. The van der Waals surface area contributed by atoms with Gasteiger partial charge in [0.2, 0.25) is 0 Å². The summed E-state index contributed by atoms with van der Waals surface area (Å²) < 4.78 is 0. The Morgan fingerprint density at radius 1 is 1.16 bits per heavy atom. The van der Waals surface area contributed by atoms with E-state index in [2.05, 4.69) is 40.4 Å². The first-order valence-corrected chi connectivity index (χ1v) is 8.72. The molecular weight excluding hydrogens is 312 g/mol. The van der Waals surface area contributed by atoms with Gasteiger partial charge in [-0.3, -0.25) is 4.79 Å². The summed E-state index contributed by atoms with van der Waals surface area (Å²) >= 11 is 0. The maximum absolute atomic E-state index is 12.1. The van der Waals surface area contributed by atoms with Crippen LogP contribution in [0.3, 0.4) is 0 Å². The molecule has 0 atom stereocenters. The third-order valence-corrected chi connectivity index (χ3v) is 3.94. The van der Waals surface area contributed by atoms with E-state index in [1.807, 2.05) is 38.4 Å². The fraction of sp³-hybridized carbons (Fsp3) is 0.400. The van der Waals surface area contributed by atoms with Gasteiger partial charge < -0.3 is 15.5 Å². The van der Waals surface area contributed by atoms with E-state index >= 15 is 0 Å². The number of aromatic nitrogens is 1. The van der Waals surface area contributed by atoms with Crippen LogP contribution in [0.4, 0.5) is 11.5 Å². The molecule has 0 bridgehead atoms. The molecule has 1 amide bonds. The molecule has 5 heteroatoms. The lowest BCUT2D eigenvalue weighted by Crippen LogP contribution is -2.27. The Hall–Kier alpha value is -2.40. The van der Waals surface area contributed by atoms with E-state index in [-0.39, 0.29) is 5.91 Å². The fourth-order valence-electron chi connectivity index (χ4n) is 2.55. The van der Waals surface area contributed by atoms with Crippen molar-refractivity contribution in [1.29, 1.82) is 0 Å². The molecule has 2 rings (SSSR count). The number of amides is 1. The Balaban J connectivity index is 1.95. The molecule has 1 aromatic heterocycles. The van der Waals surface area contributed by atoms with Crippen molar-refractivity contribution in [2.24, 2.45) is 0 Å². The van der Waals surface area contributed by atoms with Crippen LogP contribution in [0.25, 0.3) is 0 Å². The van der Waals surface area contributed by atoms with E-state index in [0.717, 1.165) is 24.5 Å². The number of carbonyl (C=O) groups is 1. The van der Waals surface area contributed by atoms with Crippen molar-refractivity contribution >= 4 is 17.4 Å². The van der Waals surface area contributed by atoms with Gasteiger partial charge in [-0.15, -0.1) is 0 Å². The van der Waals surface area contributed by atoms with Crippen LogP contribution in [0.5, 0.6) is 0 Å². The predicted octanol–water partition coefficient (Wildman–Crippen LogP) is 3.63. The minimum atomic E-state index is -0.0830. The van der Waals surface area contributed by atoms with E-state index in [0.29, 0.717) is 18.0 Å². The SMILES string of the molecule is CC(C)c1ccccc1Nc1ccc(C(=O)NCCCN(C)C)cn1. The Labute approximate surface area is 150 Å². The van der Waals surface area contributed by atoms with E-state index in [9.17, 15) is 4.79 Å². The maximum atomic E-state index is 12.1. The Bertz CT molecular complexity index is 680. The number of anilines is 2. The number of para-hydroxylation sites is 1. The first kappa shape index (κ1) is 18.9. The smallest absolute Gasteiger partial charge is 0.252 e. The van der Waals surface area contributed by atoms with Gasteiger partial charge in [0.25, 0.3) is 5.91 Å². The molecule has 2 N–H and O–H groups in total. The van der Waals surface area contributed by atoms with Crippen LogP contribution in [0.1, 0.15) is 42.1 Å². The molecule has 0 aliphatic heterocycles. The van der Waals surface area contributed by atoms with Crippen molar-refractivity contribution in [3.8, 4) is 0 Å². The summed E-state index contributed by atoms with van der Waals surface area (Å²) in [5, 5.41) is 6.26. The number of benzene rings is 1. The molecule has 0 saturated carbocycles. The molecule has 0 radical (unpaired) electrons. The molecule has 5 nitrogen and oxygen atoms in total. The second kappa shape index (κ2) is 9.18. The lowest BCUT2D eigenvalue weighted by molar-refractivity contribution is 0.0952. The summed E-state index contributed by atoms with van der Waals surface area (Å²) in [4.78, 5) is 18.6. The van der Waals surface area contributed by atoms with Crippen LogP contribution in [-0.4, -0.2) is 43.0 Å². The molecule has 0 aliphatic carbocycles. The molecule has 1 heterocycles. The normalized spacial score (nSPS) is 11.0. The summed E-state index contributed by atoms with van der Waals surface area (Å²) in [6.45, 7) is 5.95. The summed E-state index contributed by atoms with van der Waals surface area (Å²) in [6.07, 6.45) is 2.54. The van der Waals surface area contributed by atoms with Gasteiger partial charge in [0, 0.05) is 18.4 Å². The van der Waals surface area contributed by atoms with E-state index < -0.39 is 0 Å². The van der Waals surface area contributed by atoms with Gasteiger partial charge in [-0.05, 0) is 56.7 Å². The van der Waals surface area contributed by atoms with Gasteiger partial charge in [-0.1, -0.05) is 32.0 Å². The second-order valence-corrected chi connectivity index (χ2v) is 6.71. The third kappa shape index (κ3) is 5.87. The number of nitrogens with zero attached hydrogens (tertiary/aromatic N) is 2. The number of hydrogen-bond donors (Lipinski definition) is 2. The minimum absolute atomic E-state index is 0.0830. The van der Waals surface area contributed by atoms with Crippen molar-refractivity contribution in [3.05, 3.63) is 53.7 Å². The second-order valence-electron chi connectivity index (χ2n) is 6.71. The zero-order chi connectivity index (χ0) is 18.2. The molecule has 0 spiro atoms. The zero-order valence-electron chi connectivity index (χ0n) is 15.5. The van der Waals surface area contributed by atoms with Gasteiger partial charge in [-0.25, -0.2) is 4.98 Å². The molecule has 0 fully saturated rings. The average Bonchev–Trinajstić information content (AvgIpc) is 2.59. The average molecular weight is 340 g/mol. The van der Waals surface area contributed by atoms with Crippen LogP contribution in [0, 0.1) is 0 Å². The molecule has 1 aromatic carbocycles. The number of rotatable bonds is 8. The van der Waals surface area contributed by atoms with Crippen LogP contribution in [0.2, 0.25) is 0 Å². The molecule has 0 aliphatic rings. The van der Waals surface area contributed by atoms with E-state index in [1.165, 1.54) is 5.56 Å². The monoisotopic (exact) mass is 340 g/mol. The molecule has 2 aromatic rings. The lowest BCUT2D eigenvalue weighted by Gasteiger charge is -2.14. The predicted molar refractivity (Wildman–Crippen MR) is 104 cm³/mol. The van der Waals surface area contributed by atoms with Crippen LogP contribution in [0.15, 0.2) is 42.6 Å². The summed E-state index contributed by atoms with van der Waals surface area (Å²) in [6, 6.07) is 11.8. The van der Waals surface area contributed by atoms with Crippen molar-refractivity contribution in [2.45, 2.75) is 26.2 Å². The Morgan fingerprint density at radius 3 is 2.56 bits per heavy atom. The van der Waals surface area contributed by atoms with Crippen molar-refractivity contribution < 1.29 is 4.79 Å². The van der Waals surface area contributed by atoms with E-state index in [1.54, 1.807) is 12.3 Å². The highest BCUT2D eigenvalue weighted by Gasteiger charge is 2.08. The largest absolute Gasteiger partial charge is 0.352 e. The van der Waals surface area contributed by atoms with Gasteiger partial charge in [-0.2, -0.15) is 0 Å². The van der Waals surface area contributed by atoms with Gasteiger partial charge in [0.05, 0.1) is 5.56 Å². The number of pyridine rings is 1. The highest BCUT2D eigenvalue weighted by atomic mass is 16.1. The summed E-state index contributed by atoms with van der Waals surface area (Å²) in [5.41, 5.74) is 2.87. The van der Waals surface area contributed by atoms with Gasteiger partial charge in [0.1, 0.15) is 5.82 Å². The Kier molecular flexibility index (Phi) is 6.95. The third-order valence-electron chi connectivity index (χ3n) is 3.94. The Morgan fingerprint density at radius 2 is 1.92 bits per heavy atom. The minimum Gasteiger partial charge on any atom is -0.352 e. The van der Waals surface area contributed by atoms with Crippen molar-refractivity contribution in [1.82, 2.24) is 15.2 Å². The molecule has 0 unspecified atom stereocenters. The lowest BCUT2D eigenvalue weighted by atomic mass is 10.0. The topological polar surface area (TPSA) is 57.3 Å². The quantitative estimate of drug-likeness (QED) is 0.721.